The quantitative estimate of drug-likeness (QED) is 0.806. The van der Waals surface area contributed by atoms with E-state index in [2.05, 4.69) is 28.8 Å². The molecule has 80 valence electrons. The van der Waals surface area contributed by atoms with Gasteiger partial charge in [-0.3, -0.25) is 0 Å². The number of hydrogen-bond acceptors (Lipinski definition) is 3. The van der Waals surface area contributed by atoms with E-state index in [-0.39, 0.29) is 0 Å². The standard InChI is InChI=1S/C11H16N4/c1-3-7(4-2)10-13-8-5-6-9(12)14-11(8)15-10/h5-7H,3-4H2,1-2H3,(H3,12,13,14,15). The zero-order valence-electron chi connectivity index (χ0n) is 9.12. The van der Waals surface area contributed by atoms with Crippen LogP contribution in [0, 0.1) is 0 Å². The van der Waals surface area contributed by atoms with Crippen LogP contribution in [-0.2, 0) is 0 Å². The first kappa shape index (κ1) is 9.96. The summed E-state index contributed by atoms with van der Waals surface area (Å²) in [5.74, 6) is 2.03. The Morgan fingerprint density at radius 2 is 2.00 bits per heavy atom. The summed E-state index contributed by atoms with van der Waals surface area (Å²) in [5.41, 5.74) is 7.29. The van der Waals surface area contributed by atoms with Crippen molar-refractivity contribution in [2.24, 2.45) is 0 Å². The number of rotatable bonds is 3. The molecule has 2 aromatic rings. The van der Waals surface area contributed by atoms with Crippen molar-refractivity contribution in [2.75, 3.05) is 5.73 Å². The van der Waals surface area contributed by atoms with Crippen LogP contribution in [0.2, 0.25) is 0 Å². The highest BCUT2D eigenvalue weighted by Crippen LogP contribution is 2.22. The molecule has 0 unspecified atom stereocenters. The number of hydrogen-bond donors (Lipinski definition) is 2. The zero-order chi connectivity index (χ0) is 10.8. The van der Waals surface area contributed by atoms with Crippen molar-refractivity contribution >= 4 is 17.0 Å². The highest BCUT2D eigenvalue weighted by Gasteiger charge is 2.12. The van der Waals surface area contributed by atoms with E-state index in [1.165, 1.54) is 0 Å². The summed E-state index contributed by atoms with van der Waals surface area (Å²) in [7, 11) is 0. The molecule has 0 bridgehead atoms. The summed E-state index contributed by atoms with van der Waals surface area (Å²) in [4.78, 5) is 11.9. The summed E-state index contributed by atoms with van der Waals surface area (Å²) in [6, 6.07) is 3.72. The van der Waals surface area contributed by atoms with Crippen LogP contribution in [-0.4, -0.2) is 15.0 Å². The molecule has 2 heterocycles. The van der Waals surface area contributed by atoms with Gasteiger partial charge in [0, 0.05) is 5.92 Å². The number of H-pyrrole nitrogens is 1. The topological polar surface area (TPSA) is 67.6 Å². The normalized spacial score (nSPS) is 11.4. The van der Waals surface area contributed by atoms with Crippen LogP contribution in [0.3, 0.4) is 0 Å². The fourth-order valence-electron chi connectivity index (χ4n) is 1.79. The first-order chi connectivity index (χ1) is 7.24. The van der Waals surface area contributed by atoms with Gasteiger partial charge in [-0.05, 0) is 25.0 Å². The van der Waals surface area contributed by atoms with E-state index in [0.29, 0.717) is 11.7 Å². The fourth-order valence-corrected chi connectivity index (χ4v) is 1.79. The van der Waals surface area contributed by atoms with Crippen LogP contribution >= 0.6 is 0 Å². The molecule has 0 aliphatic rings. The number of aromatic nitrogens is 3. The van der Waals surface area contributed by atoms with Crippen molar-refractivity contribution in [3.05, 3.63) is 18.0 Å². The van der Waals surface area contributed by atoms with E-state index < -0.39 is 0 Å². The van der Waals surface area contributed by atoms with Gasteiger partial charge >= 0.3 is 0 Å². The molecule has 2 aromatic heterocycles. The van der Waals surface area contributed by atoms with E-state index in [9.17, 15) is 0 Å². The maximum absolute atomic E-state index is 5.61. The summed E-state index contributed by atoms with van der Waals surface area (Å²) in [5, 5.41) is 0. The average molecular weight is 204 g/mol. The second kappa shape index (κ2) is 3.88. The molecule has 15 heavy (non-hydrogen) atoms. The summed E-state index contributed by atoms with van der Waals surface area (Å²) in [6.07, 6.45) is 2.18. The van der Waals surface area contributed by atoms with Crippen molar-refractivity contribution in [3.63, 3.8) is 0 Å². The van der Waals surface area contributed by atoms with Gasteiger partial charge in [0.1, 0.15) is 11.6 Å². The molecule has 0 atom stereocenters. The Hall–Kier alpha value is -1.58. The molecule has 0 spiro atoms. The predicted molar refractivity (Wildman–Crippen MR) is 61.6 cm³/mol. The molecular weight excluding hydrogens is 188 g/mol. The van der Waals surface area contributed by atoms with Crippen LogP contribution < -0.4 is 5.73 Å². The lowest BCUT2D eigenvalue weighted by atomic mass is 10.0. The van der Waals surface area contributed by atoms with E-state index >= 15 is 0 Å². The van der Waals surface area contributed by atoms with Gasteiger partial charge in [-0.15, -0.1) is 0 Å². The van der Waals surface area contributed by atoms with Gasteiger partial charge in [0.2, 0.25) is 0 Å². The molecule has 0 aliphatic heterocycles. The number of nitrogen functional groups attached to an aromatic ring is 1. The minimum absolute atomic E-state index is 0.487. The number of pyridine rings is 1. The molecule has 2 rings (SSSR count). The van der Waals surface area contributed by atoms with Gasteiger partial charge < -0.3 is 10.7 Å². The van der Waals surface area contributed by atoms with Crippen molar-refractivity contribution in [3.8, 4) is 0 Å². The molecule has 0 saturated heterocycles. The maximum atomic E-state index is 5.61. The molecule has 4 heteroatoms. The van der Waals surface area contributed by atoms with Crippen molar-refractivity contribution < 1.29 is 0 Å². The second-order valence-corrected chi connectivity index (χ2v) is 3.74. The van der Waals surface area contributed by atoms with Gasteiger partial charge in [-0.2, -0.15) is 0 Å². The lowest BCUT2D eigenvalue weighted by Gasteiger charge is -2.06. The molecule has 0 aliphatic carbocycles. The summed E-state index contributed by atoms with van der Waals surface area (Å²) < 4.78 is 0. The molecular formula is C11H16N4. The Labute approximate surface area is 88.9 Å². The van der Waals surface area contributed by atoms with Gasteiger partial charge in [0.25, 0.3) is 0 Å². The maximum Gasteiger partial charge on any atom is 0.179 e. The summed E-state index contributed by atoms with van der Waals surface area (Å²) in [6.45, 7) is 4.34. The van der Waals surface area contributed by atoms with Gasteiger partial charge in [-0.1, -0.05) is 13.8 Å². The van der Waals surface area contributed by atoms with Crippen molar-refractivity contribution in [2.45, 2.75) is 32.6 Å². The number of imidazole rings is 1. The molecule has 3 N–H and O–H groups in total. The fraction of sp³-hybridized carbons (Fsp3) is 0.455. The third kappa shape index (κ3) is 1.79. The van der Waals surface area contributed by atoms with E-state index in [4.69, 9.17) is 5.73 Å². The largest absolute Gasteiger partial charge is 0.384 e. The van der Waals surface area contributed by atoms with Crippen LogP contribution in [0.15, 0.2) is 12.1 Å². The van der Waals surface area contributed by atoms with Crippen LogP contribution in [0.4, 0.5) is 5.82 Å². The average Bonchev–Trinajstić information content (AvgIpc) is 2.62. The number of nitrogens with one attached hydrogen (secondary N) is 1. The molecule has 0 amide bonds. The van der Waals surface area contributed by atoms with Crippen LogP contribution in [0.5, 0.6) is 0 Å². The first-order valence-corrected chi connectivity index (χ1v) is 5.36. The Morgan fingerprint density at radius 1 is 1.27 bits per heavy atom. The van der Waals surface area contributed by atoms with Gasteiger partial charge in [0.05, 0.1) is 5.52 Å². The molecule has 0 radical (unpaired) electrons. The number of anilines is 1. The zero-order valence-corrected chi connectivity index (χ0v) is 9.12. The van der Waals surface area contributed by atoms with Gasteiger partial charge in [-0.25, -0.2) is 9.97 Å². The molecule has 0 fully saturated rings. The first-order valence-electron chi connectivity index (χ1n) is 5.36. The van der Waals surface area contributed by atoms with Crippen LogP contribution in [0.25, 0.3) is 11.2 Å². The smallest absolute Gasteiger partial charge is 0.179 e. The summed E-state index contributed by atoms with van der Waals surface area (Å²) >= 11 is 0. The number of nitrogens with zero attached hydrogens (tertiary/aromatic N) is 2. The Morgan fingerprint density at radius 3 is 2.67 bits per heavy atom. The predicted octanol–water partition coefficient (Wildman–Crippen LogP) is 2.44. The number of nitrogens with two attached hydrogens (primary N) is 1. The lowest BCUT2D eigenvalue weighted by Crippen LogP contribution is -1.97. The van der Waals surface area contributed by atoms with E-state index in [0.717, 1.165) is 29.8 Å². The van der Waals surface area contributed by atoms with Crippen molar-refractivity contribution in [1.29, 1.82) is 0 Å². The monoisotopic (exact) mass is 204 g/mol. The van der Waals surface area contributed by atoms with E-state index in [1.807, 2.05) is 6.07 Å². The third-order valence-electron chi connectivity index (χ3n) is 2.76. The SMILES string of the molecule is CCC(CC)c1nc2nc(N)ccc2[nH]1. The van der Waals surface area contributed by atoms with E-state index in [1.54, 1.807) is 6.07 Å². The Balaban J connectivity index is 2.46. The molecule has 4 nitrogen and oxygen atoms in total. The highest BCUT2D eigenvalue weighted by atomic mass is 15.0. The molecule has 0 saturated carbocycles. The molecule has 0 aromatic carbocycles. The van der Waals surface area contributed by atoms with Crippen molar-refractivity contribution in [1.82, 2.24) is 15.0 Å². The number of fused-ring (bicyclic) bond motifs is 1. The van der Waals surface area contributed by atoms with Crippen LogP contribution in [0.1, 0.15) is 38.4 Å². The second-order valence-electron chi connectivity index (χ2n) is 3.74. The lowest BCUT2D eigenvalue weighted by molar-refractivity contribution is 0.611. The Bertz CT molecular complexity index is 457. The minimum Gasteiger partial charge on any atom is -0.384 e. The Kier molecular flexibility index (Phi) is 2.58. The third-order valence-corrected chi connectivity index (χ3v) is 2.76. The minimum atomic E-state index is 0.487. The van der Waals surface area contributed by atoms with Gasteiger partial charge in [0.15, 0.2) is 5.65 Å². The number of aromatic amines is 1. The highest BCUT2D eigenvalue weighted by molar-refractivity contribution is 5.72.